The normalized spacial score (nSPS) is 21.2. The van der Waals surface area contributed by atoms with Gasteiger partial charge < -0.3 is 5.11 Å². The van der Waals surface area contributed by atoms with E-state index >= 15 is 0 Å². The summed E-state index contributed by atoms with van der Waals surface area (Å²) in [5.41, 5.74) is 1.24. The lowest BCUT2D eigenvalue weighted by atomic mass is 9.95. The van der Waals surface area contributed by atoms with Crippen molar-refractivity contribution in [3.63, 3.8) is 0 Å². The van der Waals surface area contributed by atoms with Gasteiger partial charge in [0.15, 0.2) is 0 Å². The molecule has 100 valence electrons. The second-order valence-corrected chi connectivity index (χ2v) is 6.77. The van der Waals surface area contributed by atoms with Gasteiger partial charge in [0.05, 0.1) is 8.95 Å². The highest BCUT2D eigenvalue weighted by Gasteiger charge is 2.19. The van der Waals surface area contributed by atoms with Crippen molar-refractivity contribution < 1.29 is 5.11 Å². The number of piperidine rings is 1. The highest BCUT2D eigenvalue weighted by molar-refractivity contribution is 9.11. The first-order chi connectivity index (χ1) is 8.60. The highest BCUT2D eigenvalue weighted by Crippen LogP contribution is 2.34. The molecule has 1 fully saturated rings. The average molecular weight is 377 g/mol. The van der Waals surface area contributed by atoms with Gasteiger partial charge >= 0.3 is 0 Å². The highest BCUT2D eigenvalue weighted by atomic mass is 79.9. The maximum Gasteiger partial charge on any atom is 0.143 e. The predicted molar refractivity (Wildman–Crippen MR) is 81.8 cm³/mol. The van der Waals surface area contributed by atoms with E-state index < -0.39 is 0 Å². The minimum atomic E-state index is 0.281. The number of phenolic OH excluding ortho intramolecular Hbond substituents is 1. The van der Waals surface area contributed by atoms with Gasteiger partial charge in [0, 0.05) is 13.1 Å². The Hall–Kier alpha value is -0.0600. The number of likely N-dealkylation sites (tertiary alicyclic amines) is 1. The first-order valence-corrected chi connectivity index (χ1v) is 8.08. The third-order valence-electron chi connectivity index (χ3n) is 3.66. The quantitative estimate of drug-likeness (QED) is 0.836. The monoisotopic (exact) mass is 375 g/mol. The van der Waals surface area contributed by atoms with Crippen molar-refractivity contribution in [2.24, 2.45) is 5.92 Å². The molecule has 4 heteroatoms. The number of hydrogen-bond donors (Lipinski definition) is 1. The average Bonchev–Trinajstić information content (AvgIpc) is 2.36. The number of halogens is 2. The zero-order chi connectivity index (χ0) is 13.1. The van der Waals surface area contributed by atoms with Gasteiger partial charge in [-0.05, 0) is 74.9 Å². The Morgan fingerprint density at radius 1 is 1.33 bits per heavy atom. The maximum absolute atomic E-state index is 9.71. The Morgan fingerprint density at radius 2 is 2.00 bits per heavy atom. The zero-order valence-corrected chi connectivity index (χ0v) is 13.8. The van der Waals surface area contributed by atoms with Gasteiger partial charge in [0.25, 0.3) is 0 Å². The summed E-state index contributed by atoms with van der Waals surface area (Å²) in [6.07, 6.45) is 3.95. The molecule has 0 radical (unpaired) electrons. The number of hydrogen-bond acceptors (Lipinski definition) is 2. The van der Waals surface area contributed by atoms with E-state index in [0.717, 1.165) is 21.4 Å². The molecule has 2 nitrogen and oxygen atoms in total. The minimum absolute atomic E-state index is 0.281. The molecular weight excluding hydrogens is 358 g/mol. The van der Waals surface area contributed by atoms with E-state index in [1.165, 1.54) is 37.9 Å². The van der Waals surface area contributed by atoms with E-state index in [4.69, 9.17) is 0 Å². The Bertz CT molecular complexity index is 399. The number of rotatable bonds is 3. The largest absolute Gasteiger partial charge is 0.506 e. The van der Waals surface area contributed by atoms with E-state index in [9.17, 15) is 5.11 Å². The molecule has 0 bridgehead atoms. The zero-order valence-electron chi connectivity index (χ0n) is 10.6. The van der Waals surface area contributed by atoms with Crippen LogP contribution in [0.3, 0.4) is 0 Å². The lowest BCUT2D eigenvalue weighted by molar-refractivity contribution is 0.164. The van der Waals surface area contributed by atoms with Crippen molar-refractivity contribution >= 4 is 31.9 Å². The van der Waals surface area contributed by atoms with Crippen LogP contribution in [0.1, 0.15) is 31.7 Å². The predicted octanol–water partition coefficient (Wildman–Crippen LogP) is 4.54. The maximum atomic E-state index is 9.71. The molecule has 1 aromatic carbocycles. The Morgan fingerprint density at radius 3 is 2.61 bits per heavy atom. The number of nitrogens with zero attached hydrogens (tertiary/aromatic N) is 1. The van der Waals surface area contributed by atoms with E-state index in [2.05, 4.69) is 43.7 Å². The van der Waals surface area contributed by atoms with Crippen molar-refractivity contribution in [2.75, 3.05) is 13.1 Å². The lowest BCUT2D eigenvalue weighted by Gasteiger charge is -2.32. The summed E-state index contributed by atoms with van der Waals surface area (Å²) in [7, 11) is 0. The van der Waals surface area contributed by atoms with Gasteiger partial charge in [-0.1, -0.05) is 13.3 Å². The molecule has 1 aromatic rings. The Labute approximate surface area is 126 Å². The lowest BCUT2D eigenvalue weighted by Crippen LogP contribution is -2.34. The van der Waals surface area contributed by atoms with Crippen molar-refractivity contribution in [1.82, 2.24) is 4.90 Å². The molecule has 1 aliphatic rings. The molecule has 1 saturated heterocycles. The van der Waals surface area contributed by atoms with Gasteiger partial charge in [-0.15, -0.1) is 0 Å². The van der Waals surface area contributed by atoms with Crippen molar-refractivity contribution in [3.8, 4) is 5.75 Å². The van der Waals surface area contributed by atoms with Crippen LogP contribution < -0.4 is 0 Å². The molecule has 0 saturated carbocycles. The molecule has 18 heavy (non-hydrogen) atoms. The van der Waals surface area contributed by atoms with Gasteiger partial charge in [-0.25, -0.2) is 0 Å². The summed E-state index contributed by atoms with van der Waals surface area (Å²) in [5.74, 6) is 1.13. The van der Waals surface area contributed by atoms with Crippen molar-refractivity contribution in [3.05, 3.63) is 26.6 Å². The molecule has 1 aliphatic heterocycles. The summed E-state index contributed by atoms with van der Waals surface area (Å²) in [6, 6.07) is 4.02. The van der Waals surface area contributed by atoms with Gasteiger partial charge in [0.1, 0.15) is 5.75 Å². The van der Waals surface area contributed by atoms with Crippen LogP contribution >= 0.6 is 31.9 Å². The molecule has 1 N–H and O–H groups in total. The van der Waals surface area contributed by atoms with Crippen LogP contribution in [0.25, 0.3) is 0 Å². The fraction of sp³-hybridized carbons (Fsp3) is 0.571. The standard InChI is InChI=1S/C14H19Br2NO/c1-2-10-4-3-5-17(8-10)9-11-6-12(15)14(18)13(16)7-11/h6-7,10,18H,2-5,8-9H2,1H3. The van der Waals surface area contributed by atoms with Gasteiger partial charge in [0.2, 0.25) is 0 Å². The van der Waals surface area contributed by atoms with Crippen LogP contribution in [0.15, 0.2) is 21.1 Å². The number of aromatic hydroxyl groups is 1. The number of phenols is 1. The molecule has 0 amide bonds. The first-order valence-electron chi connectivity index (χ1n) is 6.49. The molecule has 1 unspecified atom stereocenters. The summed E-state index contributed by atoms with van der Waals surface area (Å²) >= 11 is 6.78. The van der Waals surface area contributed by atoms with E-state index in [-0.39, 0.29) is 5.75 Å². The van der Waals surface area contributed by atoms with E-state index in [1.807, 2.05) is 12.1 Å². The summed E-state index contributed by atoms with van der Waals surface area (Å²) in [4.78, 5) is 2.52. The summed E-state index contributed by atoms with van der Waals surface area (Å²) in [6.45, 7) is 5.63. The van der Waals surface area contributed by atoms with Crippen LogP contribution in [-0.2, 0) is 6.54 Å². The summed E-state index contributed by atoms with van der Waals surface area (Å²) in [5, 5.41) is 9.71. The minimum Gasteiger partial charge on any atom is -0.506 e. The smallest absolute Gasteiger partial charge is 0.143 e. The molecule has 0 spiro atoms. The molecule has 0 aliphatic carbocycles. The Balaban J connectivity index is 2.05. The fourth-order valence-corrected chi connectivity index (χ4v) is 3.88. The second kappa shape index (κ2) is 6.40. The Kier molecular flexibility index (Phi) is 5.10. The van der Waals surface area contributed by atoms with Crippen LogP contribution in [0.4, 0.5) is 0 Å². The topological polar surface area (TPSA) is 23.5 Å². The van der Waals surface area contributed by atoms with Crippen LogP contribution in [0, 0.1) is 5.92 Å². The molecular formula is C14H19Br2NO. The third kappa shape index (κ3) is 3.49. The fourth-order valence-electron chi connectivity index (χ4n) is 2.60. The van der Waals surface area contributed by atoms with Crippen LogP contribution in [0.2, 0.25) is 0 Å². The number of benzene rings is 1. The van der Waals surface area contributed by atoms with Crippen molar-refractivity contribution in [1.29, 1.82) is 0 Å². The molecule has 2 rings (SSSR count). The van der Waals surface area contributed by atoms with Crippen LogP contribution in [-0.4, -0.2) is 23.1 Å². The molecule has 0 aromatic heterocycles. The SMILES string of the molecule is CCC1CCCN(Cc2cc(Br)c(O)c(Br)c2)C1. The first kappa shape index (κ1) is 14.4. The van der Waals surface area contributed by atoms with Gasteiger partial charge in [-0.3, -0.25) is 4.90 Å². The van der Waals surface area contributed by atoms with E-state index in [0.29, 0.717) is 0 Å². The second-order valence-electron chi connectivity index (χ2n) is 5.06. The summed E-state index contributed by atoms with van der Waals surface area (Å²) < 4.78 is 1.52. The molecule has 1 atom stereocenters. The third-order valence-corrected chi connectivity index (χ3v) is 4.87. The van der Waals surface area contributed by atoms with E-state index in [1.54, 1.807) is 0 Å². The van der Waals surface area contributed by atoms with Crippen molar-refractivity contribution in [2.45, 2.75) is 32.7 Å². The van der Waals surface area contributed by atoms with Crippen LogP contribution in [0.5, 0.6) is 5.75 Å². The van der Waals surface area contributed by atoms with Gasteiger partial charge in [-0.2, -0.15) is 0 Å². The molecule has 1 heterocycles.